The van der Waals surface area contributed by atoms with E-state index >= 15 is 0 Å². The van der Waals surface area contributed by atoms with Gasteiger partial charge in [-0.25, -0.2) is 4.39 Å². The first-order valence-corrected chi connectivity index (χ1v) is 8.83. The summed E-state index contributed by atoms with van der Waals surface area (Å²) in [6.45, 7) is -0.150. The standard InChI is InChI=1S/C17H15FN6O2S/c18-12-7-5-11(6-8-12)17-21-23-24(22-17)9-16(26)20-13-3-1-2-4-14(13)27-10-15(19)25/h1-8H,9-10H2,(H2,19,25)(H,20,26). The largest absolute Gasteiger partial charge is 0.369 e. The number of halogens is 1. The Morgan fingerprint density at radius 3 is 2.63 bits per heavy atom. The van der Waals surface area contributed by atoms with E-state index in [1.165, 1.54) is 36.0 Å². The van der Waals surface area contributed by atoms with Crippen molar-refractivity contribution in [2.75, 3.05) is 11.1 Å². The third kappa shape index (κ3) is 5.11. The first-order chi connectivity index (χ1) is 13.0. The van der Waals surface area contributed by atoms with Crippen molar-refractivity contribution in [3.8, 4) is 11.4 Å². The molecule has 2 amide bonds. The lowest BCUT2D eigenvalue weighted by Crippen LogP contribution is -2.21. The molecule has 0 aliphatic carbocycles. The second-order valence-corrected chi connectivity index (χ2v) is 6.47. The maximum atomic E-state index is 13.0. The number of rotatable bonds is 7. The number of benzene rings is 2. The van der Waals surface area contributed by atoms with Crippen LogP contribution in [-0.2, 0) is 16.1 Å². The van der Waals surface area contributed by atoms with Gasteiger partial charge in [-0.3, -0.25) is 9.59 Å². The fourth-order valence-corrected chi connectivity index (χ4v) is 2.93. The monoisotopic (exact) mass is 386 g/mol. The van der Waals surface area contributed by atoms with Crippen molar-refractivity contribution >= 4 is 29.3 Å². The quantitative estimate of drug-likeness (QED) is 0.597. The summed E-state index contributed by atoms with van der Waals surface area (Å²) < 4.78 is 13.0. The van der Waals surface area contributed by atoms with Crippen molar-refractivity contribution in [1.29, 1.82) is 0 Å². The fraction of sp³-hybridized carbons (Fsp3) is 0.118. The number of hydrogen-bond donors (Lipinski definition) is 2. The molecular formula is C17H15FN6O2S. The van der Waals surface area contributed by atoms with Crippen LogP contribution in [0.1, 0.15) is 0 Å². The molecule has 0 radical (unpaired) electrons. The molecule has 8 nitrogen and oxygen atoms in total. The molecule has 0 bridgehead atoms. The van der Waals surface area contributed by atoms with Gasteiger partial charge in [-0.15, -0.1) is 22.0 Å². The van der Waals surface area contributed by atoms with Gasteiger partial charge < -0.3 is 11.1 Å². The van der Waals surface area contributed by atoms with Gasteiger partial charge in [0.1, 0.15) is 12.4 Å². The van der Waals surface area contributed by atoms with Crippen molar-refractivity contribution in [1.82, 2.24) is 20.2 Å². The first kappa shape index (κ1) is 18.5. The number of carbonyl (C=O) groups excluding carboxylic acids is 2. The van der Waals surface area contributed by atoms with Gasteiger partial charge in [0.15, 0.2) is 0 Å². The van der Waals surface area contributed by atoms with E-state index in [-0.39, 0.29) is 24.0 Å². The van der Waals surface area contributed by atoms with Crippen molar-refractivity contribution in [2.45, 2.75) is 11.4 Å². The summed E-state index contributed by atoms with van der Waals surface area (Å²) in [4.78, 5) is 25.1. The number of nitrogens with zero attached hydrogens (tertiary/aromatic N) is 4. The highest BCUT2D eigenvalue weighted by Crippen LogP contribution is 2.26. The molecule has 0 saturated heterocycles. The van der Waals surface area contributed by atoms with Crippen LogP contribution in [0.25, 0.3) is 11.4 Å². The molecule has 3 N–H and O–H groups in total. The number of amides is 2. The van der Waals surface area contributed by atoms with Gasteiger partial charge in [0.25, 0.3) is 0 Å². The zero-order chi connectivity index (χ0) is 19.2. The maximum Gasteiger partial charge on any atom is 0.248 e. The number of thioether (sulfide) groups is 1. The van der Waals surface area contributed by atoms with Crippen LogP contribution in [0, 0.1) is 5.82 Å². The van der Waals surface area contributed by atoms with Gasteiger partial charge in [-0.1, -0.05) is 12.1 Å². The minimum Gasteiger partial charge on any atom is -0.369 e. The highest BCUT2D eigenvalue weighted by atomic mass is 32.2. The molecule has 10 heteroatoms. The Kier molecular flexibility index (Phi) is 5.77. The molecule has 3 aromatic rings. The molecule has 0 spiro atoms. The van der Waals surface area contributed by atoms with Crippen LogP contribution in [-0.4, -0.2) is 37.8 Å². The predicted octanol–water partition coefficient (Wildman–Crippen LogP) is 1.70. The minimum atomic E-state index is -0.443. The summed E-state index contributed by atoms with van der Waals surface area (Å²) in [5.74, 6) is -0.761. The normalized spacial score (nSPS) is 10.6. The lowest BCUT2D eigenvalue weighted by atomic mass is 10.2. The smallest absolute Gasteiger partial charge is 0.248 e. The second kappa shape index (κ2) is 8.41. The van der Waals surface area contributed by atoms with E-state index in [1.54, 1.807) is 24.3 Å². The highest BCUT2D eigenvalue weighted by molar-refractivity contribution is 8.00. The molecule has 138 valence electrons. The Balaban J connectivity index is 1.65. The van der Waals surface area contributed by atoms with E-state index in [9.17, 15) is 14.0 Å². The van der Waals surface area contributed by atoms with Crippen molar-refractivity contribution in [3.63, 3.8) is 0 Å². The average molecular weight is 386 g/mol. The Labute approximate surface area is 157 Å². The molecular weight excluding hydrogens is 371 g/mol. The Hall–Kier alpha value is -3.27. The van der Waals surface area contributed by atoms with E-state index in [4.69, 9.17) is 5.73 Å². The molecule has 0 aliphatic rings. The summed E-state index contributed by atoms with van der Waals surface area (Å²) >= 11 is 1.24. The Morgan fingerprint density at radius 2 is 1.89 bits per heavy atom. The molecule has 0 unspecified atom stereocenters. The van der Waals surface area contributed by atoms with Gasteiger partial charge >= 0.3 is 0 Å². The average Bonchev–Trinajstić information content (AvgIpc) is 3.09. The van der Waals surface area contributed by atoms with Crippen molar-refractivity contribution in [2.24, 2.45) is 5.73 Å². The van der Waals surface area contributed by atoms with Gasteiger partial charge in [0.05, 0.1) is 11.4 Å². The van der Waals surface area contributed by atoms with Gasteiger partial charge in [0.2, 0.25) is 17.6 Å². The molecule has 1 heterocycles. The SMILES string of the molecule is NC(=O)CSc1ccccc1NC(=O)Cn1nnc(-c2ccc(F)cc2)n1. The second-order valence-electron chi connectivity index (χ2n) is 5.45. The number of tetrazole rings is 1. The lowest BCUT2D eigenvalue weighted by molar-refractivity contribution is -0.117. The van der Waals surface area contributed by atoms with E-state index < -0.39 is 5.91 Å². The van der Waals surface area contributed by atoms with E-state index in [0.29, 0.717) is 17.1 Å². The molecule has 0 fully saturated rings. The number of primary amides is 1. The van der Waals surface area contributed by atoms with Crippen LogP contribution >= 0.6 is 11.8 Å². The van der Waals surface area contributed by atoms with Gasteiger partial charge in [0, 0.05) is 10.5 Å². The summed E-state index contributed by atoms with van der Waals surface area (Å²) in [6.07, 6.45) is 0. The molecule has 0 atom stereocenters. The molecule has 2 aromatic carbocycles. The van der Waals surface area contributed by atoms with E-state index in [2.05, 4.69) is 20.7 Å². The van der Waals surface area contributed by atoms with Crippen molar-refractivity contribution in [3.05, 3.63) is 54.3 Å². The molecule has 3 rings (SSSR count). The Morgan fingerprint density at radius 1 is 1.15 bits per heavy atom. The van der Waals surface area contributed by atoms with Crippen LogP contribution in [0.4, 0.5) is 10.1 Å². The first-order valence-electron chi connectivity index (χ1n) is 7.85. The summed E-state index contributed by atoms with van der Waals surface area (Å²) in [7, 11) is 0. The zero-order valence-electron chi connectivity index (χ0n) is 14.0. The molecule has 0 saturated carbocycles. The minimum absolute atomic E-state index is 0.110. The van der Waals surface area contributed by atoms with Crippen LogP contribution in [0.2, 0.25) is 0 Å². The molecule has 0 aliphatic heterocycles. The highest BCUT2D eigenvalue weighted by Gasteiger charge is 2.12. The van der Waals surface area contributed by atoms with E-state index in [0.717, 1.165) is 9.69 Å². The van der Waals surface area contributed by atoms with Crippen LogP contribution < -0.4 is 11.1 Å². The Bertz CT molecular complexity index is 960. The third-order valence-electron chi connectivity index (χ3n) is 3.37. The summed E-state index contributed by atoms with van der Waals surface area (Å²) in [6, 6.07) is 12.7. The van der Waals surface area contributed by atoms with Gasteiger partial charge in [-0.2, -0.15) is 4.80 Å². The molecule has 1 aromatic heterocycles. The van der Waals surface area contributed by atoms with Crippen LogP contribution in [0.5, 0.6) is 0 Å². The number of carbonyl (C=O) groups is 2. The maximum absolute atomic E-state index is 13.0. The predicted molar refractivity (Wildman–Crippen MR) is 98.2 cm³/mol. The number of aromatic nitrogens is 4. The number of hydrogen-bond acceptors (Lipinski definition) is 6. The summed E-state index contributed by atoms with van der Waals surface area (Å²) in [5, 5.41) is 14.6. The van der Waals surface area contributed by atoms with Crippen LogP contribution in [0.15, 0.2) is 53.4 Å². The zero-order valence-corrected chi connectivity index (χ0v) is 14.8. The van der Waals surface area contributed by atoms with E-state index in [1.807, 2.05) is 0 Å². The van der Waals surface area contributed by atoms with Crippen LogP contribution in [0.3, 0.4) is 0 Å². The number of anilines is 1. The van der Waals surface area contributed by atoms with Crippen molar-refractivity contribution < 1.29 is 14.0 Å². The summed E-state index contributed by atoms with van der Waals surface area (Å²) in [5.41, 5.74) is 6.31. The van der Waals surface area contributed by atoms with Gasteiger partial charge in [-0.05, 0) is 41.6 Å². The number of para-hydroxylation sites is 1. The number of nitrogens with two attached hydrogens (primary N) is 1. The topological polar surface area (TPSA) is 116 Å². The lowest BCUT2D eigenvalue weighted by Gasteiger charge is -2.09. The number of nitrogens with one attached hydrogen (secondary N) is 1. The third-order valence-corrected chi connectivity index (χ3v) is 4.47. The fourth-order valence-electron chi connectivity index (χ4n) is 2.19. The molecule has 27 heavy (non-hydrogen) atoms.